The number of amides is 1. The quantitative estimate of drug-likeness (QED) is 0.736. The maximum atomic E-state index is 12.8. The van der Waals surface area contributed by atoms with Crippen molar-refractivity contribution in [1.82, 2.24) is 19.6 Å². The Labute approximate surface area is 146 Å². The second-order valence-electron chi connectivity index (χ2n) is 6.37. The molecule has 1 unspecified atom stereocenters. The topological polar surface area (TPSA) is 64.2 Å². The molecule has 0 bridgehead atoms. The average Bonchev–Trinajstić information content (AvgIpc) is 3.31. The van der Waals surface area contributed by atoms with Crippen LogP contribution in [0.3, 0.4) is 0 Å². The Morgan fingerprint density at radius 3 is 2.88 bits per heavy atom. The molecule has 25 heavy (non-hydrogen) atoms. The van der Waals surface area contributed by atoms with E-state index in [0.717, 1.165) is 30.8 Å². The highest BCUT2D eigenvalue weighted by atomic mass is 16.5. The molecular weight excluding hydrogens is 316 g/mol. The normalized spacial score (nSPS) is 17.6. The minimum Gasteiger partial charge on any atom is -0.355 e. The van der Waals surface area contributed by atoms with Crippen molar-refractivity contribution >= 4 is 5.91 Å². The van der Waals surface area contributed by atoms with Gasteiger partial charge in [-0.15, -0.1) is 0 Å². The number of aryl methyl sites for hydroxylation is 1. The third kappa shape index (κ3) is 3.07. The molecule has 3 heterocycles. The number of hydrogen-bond donors (Lipinski definition) is 0. The number of imidazole rings is 1. The third-order valence-corrected chi connectivity index (χ3v) is 4.73. The Morgan fingerprint density at radius 2 is 2.12 bits per heavy atom. The molecule has 0 aliphatic carbocycles. The van der Waals surface area contributed by atoms with Gasteiger partial charge in [0.2, 0.25) is 0 Å². The molecule has 1 aromatic carbocycles. The third-order valence-electron chi connectivity index (χ3n) is 4.73. The highest BCUT2D eigenvalue weighted by Gasteiger charge is 2.27. The van der Waals surface area contributed by atoms with Crippen molar-refractivity contribution < 1.29 is 9.32 Å². The Morgan fingerprint density at radius 1 is 1.28 bits per heavy atom. The molecule has 6 nitrogen and oxygen atoms in total. The lowest BCUT2D eigenvalue weighted by Crippen LogP contribution is -2.40. The second kappa shape index (κ2) is 6.55. The number of carbonyl (C=O) groups is 1. The van der Waals surface area contributed by atoms with Gasteiger partial charge in [-0.3, -0.25) is 4.79 Å². The fourth-order valence-corrected chi connectivity index (χ4v) is 3.42. The highest BCUT2D eigenvalue weighted by Crippen LogP contribution is 2.25. The summed E-state index contributed by atoms with van der Waals surface area (Å²) < 4.78 is 7.52. The van der Waals surface area contributed by atoms with Crippen molar-refractivity contribution in [2.24, 2.45) is 0 Å². The van der Waals surface area contributed by atoms with E-state index in [2.05, 4.69) is 14.7 Å². The van der Waals surface area contributed by atoms with Crippen LogP contribution in [0.2, 0.25) is 0 Å². The molecule has 1 fully saturated rings. The Hall–Kier alpha value is -2.89. The predicted octanol–water partition coefficient (Wildman–Crippen LogP) is 3.32. The van der Waals surface area contributed by atoms with Crippen molar-refractivity contribution in [1.29, 1.82) is 0 Å². The zero-order chi connectivity index (χ0) is 17.2. The van der Waals surface area contributed by atoms with E-state index in [1.807, 2.05) is 48.4 Å². The van der Waals surface area contributed by atoms with Gasteiger partial charge in [0.25, 0.3) is 5.91 Å². The summed E-state index contributed by atoms with van der Waals surface area (Å²) in [6.07, 6.45) is 5.81. The molecule has 1 aliphatic rings. The van der Waals surface area contributed by atoms with Gasteiger partial charge in [-0.25, -0.2) is 4.98 Å². The monoisotopic (exact) mass is 336 g/mol. The van der Waals surface area contributed by atoms with Gasteiger partial charge in [-0.05, 0) is 19.8 Å². The number of carbonyl (C=O) groups excluding carboxylic acids is 1. The van der Waals surface area contributed by atoms with Gasteiger partial charge >= 0.3 is 0 Å². The Kier molecular flexibility index (Phi) is 4.09. The molecule has 1 saturated heterocycles. The van der Waals surface area contributed by atoms with E-state index in [4.69, 9.17) is 4.52 Å². The highest BCUT2D eigenvalue weighted by molar-refractivity contribution is 5.93. The van der Waals surface area contributed by atoms with E-state index < -0.39 is 0 Å². The van der Waals surface area contributed by atoms with Crippen LogP contribution < -0.4 is 0 Å². The summed E-state index contributed by atoms with van der Waals surface area (Å²) in [6, 6.07) is 11.7. The number of benzene rings is 1. The van der Waals surface area contributed by atoms with Crippen molar-refractivity contribution in [3.05, 3.63) is 60.3 Å². The molecule has 4 rings (SSSR count). The van der Waals surface area contributed by atoms with Crippen LogP contribution in [0.25, 0.3) is 11.3 Å². The van der Waals surface area contributed by atoms with Gasteiger partial charge in [0.05, 0.1) is 6.04 Å². The average molecular weight is 336 g/mol. The van der Waals surface area contributed by atoms with E-state index >= 15 is 0 Å². The van der Waals surface area contributed by atoms with Gasteiger partial charge in [0, 0.05) is 37.1 Å². The van der Waals surface area contributed by atoms with Crippen molar-refractivity contribution in [3.8, 4) is 11.3 Å². The summed E-state index contributed by atoms with van der Waals surface area (Å²) in [7, 11) is 0. The van der Waals surface area contributed by atoms with Crippen LogP contribution in [0.4, 0.5) is 0 Å². The number of rotatable bonds is 3. The summed E-state index contributed by atoms with van der Waals surface area (Å²) in [5.41, 5.74) is 1.28. The summed E-state index contributed by atoms with van der Waals surface area (Å²) >= 11 is 0. The van der Waals surface area contributed by atoms with Crippen molar-refractivity contribution in [2.75, 3.05) is 13.1 Å². The lowest BCUT2D eigenvalue weighted by molar-refractivity contribution is 0.0668. The van der Waals surface area contributed by atoms with Crippen LogP contribution in [0, 0.1) is 6.92 Å². The molecular formula is C19H20N4O2. The number of piperidine rings is 1. The summed E-state index contributed by atoms with van der Waals surface area (Å²) in [6.45, 7) is 3.41. The lowest BCUT2D eigenvalue weighted by atomic mass is 10.0. The minimum atomic E-state index is -0.0756. The number of nitrogens with zero attached hydrogens (tertiary/aromatic N) is 4. The Balaban J connectivity index is 1.51. The molecule has 2 aromatic heterocycles. The molecule has 128 valence electrons. The maximum absolute atomic E-state index is 12.8. The van der Waals surface area contributed by atoms with Crippen LogP contribution in [-0.4, -0.2) is 38.6 Å². The molecule has 3 aromatic rings. The zero-order valence-corrected chi connectivity index (χ0v) is 14.1. The molecule has 1 atom stereocenters. The molecule has 6 heteroatoms. The lowest BCUT2D eigenvalue weighted by Gasteiger charge is -2.33. The number of hydrogen-bond acceptors (Lipinski definition) is 4. The zero-order valence-electron chi connectivity index (χ0n) is 14.1. The van der Waals surface area contributed by atoms with E-state index in [0.29, 0.717) is 18.0 Å². The summed E-state index contributed by atoms with van der Waals surface area (Å²) in [5, 5.41) is 3.99. The van der Waals surface area contributed by atoms with Gasteiger partial charge in [-0.2, -0.15) is 0 Å². The van der Waals surface area contributed by atoms with Crippen LogP contribution in [0.5, 0.6) is 0 Å². The molecule has 0 spiro atoms. The first-order chi connectivity index (χ1) is 12.2. The smallest absolute Gasteiger partial charge is 0.276 e. The summed E-state index contributed by atoms with van der Waals surface area (Å²) in [4.78, 5) is 19.0. The van der Waals surface area contributed by atoms with E-state index in [1.54, 1.807) is 12.3 Å². The minimum absolute atomic E-state index is 0.0756. The van der Waals surface area contributed by atoms with Crippen molar-refractivity contribution in [3.63, 3.8) is 0 Å². The first-order valence-corrected chi connectivity index (χ1v) is 8.53. The van der Waals surface area contributed by atoms with Gasteiger partial charge in [0.1, 0.15) is 5.82 Å². The SMILES string of the molecule is Cc1nccn1C1CCCN(C(=O)c2cc(-c3ccccc3)on2)C1. The Bertz CT molecular complexity index is 868. The number of likely N-dealkylation sites (tertiary alicyclic amines) is 1. The van der Waals surface area contributed by atoms with Crippen molar-refractivity contribution in [2.45, 2.75) is 25.8 Å². The first kappa shape index (κ1) is 15.6. The van der Waals surface area contributed by atoms with E-state index in [9.17, 15) is 4.79 Å². The number of aromatic nitrogens is 3. The van der Waals surface area contributed by atoms with Gasteiger partial charge in [0.15, 0.2) is 11.5 Å². The molecule has 1 aliphatic heterocycles. The second-order valence-corrected chi connectivity index (χ2v) is 6.37. The standard InChI is InChI=1S/C19H20N4O2/c1-14-20-9-11-23(14)16-8-5-10-22(13-16)19(24)17-12-18(25-21-17)15-6-3-2-4-7-15/h2-4,6-7,9,11-12,16H,5,8,10,13H2,1H3. The first-order valence-electron chi connectivity index (χ1n) is 8.53. The molecule has 0 N–H and O–H groups in total. The van der Waals surface area contributed by atoms with Crippen LogP contribution >= 0.6 is 0 Å². The molecule has 1 amide bonds. The van der Waals surface area contributed by atoms with Gasteiger partial charge in [-0.1, -0.05) is 35.5 Å². The largest absolute Gasteiger partial charge is 0.355 e. The van der Waals surface area contributed by atoms with E-state index in [-0.39, 0.29) is 11.9 Å². The molecule has 0 radical (unpaired) electrons. The van der Waals surface area contributed by atoms with Crippen LogP contribution in [0.1, 0.15) is 35.2 Å². The van der Waals surface area contributed by atoms with Crippen LogP contribution in [0.15, 0.2) is 53.3 Å². The van der Waals surface area contributed by atoms with Crippen LogP contribution in [-0.2, 0) is 0 Å². The predicted molar refractivity (Wildman–Crippen MR) is 93.1 cm³/mol. The maximum Gasteiger partial charge on any atom is 0.276 e. The van der Waals surface area contributed by atoms with E-state index in [1.165, 1.54) is 0 Å². The fraction of sp³-hybridized carbons (Fsp3) is 0.316. The summed E-state index contributed by atoms with van der Waals surface area (Å²) in [5.74, 6) is 1.52. The van der Waals surface area contributed by atoms with Gasteiger partial charge < -0.3 is 14.0 Å². The fourth-order valence-electron chi connectivity index (χ4n) is 3.42. The molecule has 0 saturated carbocycles.